The summed E-state index contributed by atoms with van der Waals surface area (Å²) in [5, 5.41) is 17.4. The molecule has 0 spiro atoms. The Bertz CT molecular complexity index is 1190. The number of hydrogen-bond acceptors (Lipinski definition) is 8. The van der Waals surface area contributed by atoms with Crippen molar-refractivity contribution in [2.45, 2.75) is 39.7 Å². The number of halogens is 1. The highest BCUT2D eigenvalue weighted by Crippen LogP contribution is 2.37. The summed E-state index contributed by atoms with van der Waals surface area (Å²) in [5.74, 6) is 2.09. The van der Waals surface area contributed by atoms with Gasteiger partial charge in [-0.25, -0.2) is 9.97 Å². The van der Waals surface area contributed by atoms with Crippen molar-refractivity contribution < 1.29 is 19.2 Å². The molecule has 1 saturated heterocycles. The van der Waals surface area contributed by atoms with Crippen LogP contribution >= 0.6 is 11.6 Å². The molecule has 4 rings (SSSR count). The summed E-state index contributed by atoms with van der Waals surface area (Å²) < 4.78 is 11.1. The number of ether oxygens (including phenoxy) is 1. The van der Waals surface area contributed by atoms with Gasteiger partial charge in [0.2, 0.25) is 5.91 Å². The van der Waals surface area contributed by atoms with Crippen molar-refractivity contribution in [2.75, 3.05) is 31.6 Å². The van der Waals surface area contributed by atoms with Crippen LogP contribution in [-0.2, 0) is 4.79 Å². The minimum Gasteiger partial charge on any atom is -0.491 e. The lowest BCUT2D eigenvalue weighted by Crippen LogP contribution is -2.29. The lowest BCUT2D eigenvalue weighted by Gasteiger charge is -2.20. The zero-order valence-corrected chi connectivity index (χ0v) is 20.4. The molecule has 0 unspecified atom stereocenters. The zero-order valence-electron chi connectivity index (χ0n) is 19.7. The number of aryl methyl sites for hydroxylation is 2. The number of aliphatic hydroxyl groups is 1. The van der Waals surface area contributed by atoms with Gasteiger partial charge in [0.1, 0.15) is 30.0 Å². The molecule has 2 aromatic heterocycles. The Kier molecular flexibility index (Phi) is 7.16. The van der Waals surface area contributed by atoms with Crippen molar-refractivity contribution in [3.8, 4) is 28.4 Å². The van der Waals surface area contributed by atoms with Crippen LogP contribution in [0.1, 0.15) is 29.9 Å². The number of nitrogens with zero attached hydrogens (tertiary/aromatic N) is 4. The summed E-state index contributed by atoms with van der Waals surface area (Å²) >= 11 is 6.56. The minimum absolute atomic E-state index is 0.0270. The number of aromatic nitrogens is 3. The topological polar surface area (TPSA) is 114 Å². The van der Waals surface area contributed by atoms with Gasteiger partial charge in [-0.15, -0.1) is 0 Å². The lowest BCUT2D eigenvalue weighted by molar-refractivity contribution is -0.117. The van der Waals surface area contributed by atoms with E-state index in [2.05, 4.69) is 10.5 Å². The molecule has 34 heavy (non-hydrogen) atoms. The maximum absolute atomic E-state index is 12.6. The third kappa shape index (κ3) is 4.77. The summed E-state index contributed by atoms with van der Waals surface area (Å²) in [7, 11) is 1.76. The van der Waals surface area contributed by atoms with Gasteiger partial charge in [-0.2, -0.15) is 0 Å². The first-order valence-electron chi connectivity index (χ1n) is 11.2. The van der Waals surface area contributed by atoms with Crippen LogP contribution in [0.4, 0.5) is 5.82 Å². The van der Waals surface area contributed by atoms with Crippen LogP contribution in [0.25, 0.3) is 22.6 Å². The van der Waals surface area contributed by atoms with Crippen LogP contribution in [0, 0.1) is 20.8 Å². The third-order valence-electron chi connectivity index (χ3n) is 5.78. The minimum atomic E-state index is -0.654. The Morgan fingerprint density at radius 2 is 2.09 bits per heavy atom. The lowest BCUT2D eigenvalue weighted by atomic mass is 10.0. The number of amides is 1. The van der Waals surface area contributed by atoms with Gasteiger partial charge < -0.3 is 19.7 Å². The van der Waals surface area contributed by atoms with Crippen molar-refractivity contribution in [1.29, 1.82) is 0 Å². The molecule has 0 saturated carbocycles. The molecule has 1 atom stereocenters. The van der Waals surface area contributed by atoms with Crippen LogP contribution in [0.5, 0.6) is 5.75 Å². The van der Waals surface area contributed by atoms with Crippen molar-refractivity contribution in [1.82, 2.24) is 20.4 Å². The van der Waals surface area contributed by atoms with Gasteiger partial charge in [-0.05, 0) is 52.4 Å². The van der Waals surface area contributed by atoms with Crippen LogP contribution in [-0.4, -0.2) is 59.0 Å². The van der Waals surface area contributed by atoms with E-state index in [0.717, 1.165) is 17.5 Å². The second kappa shape index (κ2) is 10.1. The molecule has 10 heteroatoms. The number of benzene rings is 1. The number of aliphatic hydroxyl groups excluding tert-OH is 1. The molecule has 2 N–H and O–H groups in total. The smallest absolute Gasteiger partial charge is 0.228 e. The Balaban J connectivity index is 1.83. The van der Waals surface area contributed by atoms with E-state index in [1.54, 1.807) is 30.1 Å². The van der Waals surface area contributed by atoms with Gasteiger partial charge in [0.15, 0.2) is 5.82 Å². The van der Waals surface area contributed by atoms with Gasteiger partial charge in [-0.1, -0.05) is 16.8 Å². The standard InChI is InChI=1S/C24H28ClN5O4/c1-13-22(21-14(2)29-34-15(21)3)27-23(28-24(13)30-9-5-6-20(30)32)18-10-17(7-8-19(18)25)33-12-16(31)11-26-4/h7-8,10,16,26,31H,5-6,9,11-12H2,1-4H3/t16-/m1/s1. The number of hydrogen-bond donors (Lipinski definition) is 2. The number of likely N-dealkylation sites (N-methyl/N-ethyl adjacent to an activating group) is 1. The van der Waals surface area contributed by atoms with Gasteiger partial charge in [0.05, 0.1) is 22.0 Å². The third-order valence-corrected chi connectivity index (χ3v) is 6.11. The van der Waals surface area contributed by atoms with Crippen molar-refractivity contribution in [3.63, 3.8) is 0 Å². The number of rotatable bonds is 8. The first-order chi connectivity index (χ1) is 16.3. The summed E-state index contributed by atoms with van der Waals surface area (Å²) in [6, 6.07) is 5.17. The highest BCUT2D eigenvalue weighted by atomic mass is 35.5. The fraction of sp³-hybridized carbons (Fsp3) is 0.417. The monoisotopic (exact) mass is 485 g/mol. The first-order valence-corrected chi connectivity index (χ1v) is 11.6. The van der Waals surface area contributed by atoms with Crippen LogP contribution < -0.4 is 15.0 Å². The molecular formula is C24H28ClN5O4. The average molecular weight is 486 g/mol. The van der Waals surface area contributed by atoms with E-state index in [0.29, 0.717) is 64.6 Å². The molecule has 3 heterocycles. The molecule has 0 bridgehead atoms. The van der Waals surface area contributed by atoms with Gasteiger partial charge in [-0.3, -0.25) is 9.69 Å². The quantitative estimate of drug-likeness (QED) is 0.498. The van der Waals surface area contributed by atoms with E-state index >= 15 is 0 Å². The molecule has 180 valence electrons. The van der Waals surface area contributed by atoms with Crippen LogP contribution in [0.2, 0.25) is 5.02 Å². The van der Waals surface area contributed by atoms with E-state index in [1.165, 1.54) is 0 Å². The first kappa shape index (κ1) is 24.1. The van der Waals surface area contributed by atoms with E-state index in [1.807, 2.05) is 20.8 Å². The number of carbonyl (C=O) groups is 1. The highest BCUT2D eigenvalue weighted by molar-refractivity contribution is 6.33. The van der Waals surface area contributed by atoms with E-state index < -0.39 is 6.10 Å². The average Bonchev–Trinajstić information content (AvgIpc) is 3.38. The summed E-state index contributed by atoms with van der Waals surface area (Å²) in [6.07, 6.45) is 0.606. The van der Waals surface area contributed by atoms with E-state index in [-0.39, 0.29) is 12.5 Å². The van der Waals surface area contributed by atoms with Gasteiger partial charge in [0, 0.05) is 30.6 Å². The second-order valence-electron chi connectivity index (χ2n) is 8.36. The Hall–Kier alpha value is -3.01. The fourth-order valence-electron chi connectivity index (χ4n) is 4.08. The molecule has 1 fully saturated rings. The Morgan fingerprint density at radius 3 is 2.74 bits per heavy atom. The van der Waals surface area contributed by atoms with E-state index in [9.17, 15) is 9.90 Å². The molecule has 1 aliphatic heterocycles. The highest BCUT2D eigenvalue weighted by Gasteiger charge is 2.29. The molecule has 9 nitrogen and oxygen atoms in total. The largest absolute Gasteiger partial charge is 0.491 e. The summed E-state index contributed by atoms with van der Waals surface area (Å²) in [5.41, 5.74) is 3.44. The molecule has 1 amide bonds. The second-order valence-corrected chi connectivity index (χ2v) is 8.76. The van der Waals surface area contributed by atoms with Crippen LogP contribution in [0.3, 0.4) is 0 Å². The van der Waals surface area contributed by atoms with Crippen molar-refractivity contribution in [3.05, 3.63) is 40.2 Å². The number of carbonyl (C=O) groups excluding carboxylic acids is 1. The van der Waals surface area contributed by atoms with Crippen molar-refractivity contribution in [2.24, 2.45) is 0 Å². The maximum Gasteiger partial charge on any atom is 0.228 e. The molecule has 1 aliphatic rings. The normalized spacial score (nSPS) is 14.6. The molecule has 1 aromatic carbocycles. The molecule has 0 radical (unpaired) electrons. The van der Waals surface area contributed by atoms with Gasteiger partial charge >= 0.3 is 0 Å². The fourth-order valence-corrected chi connectivity index (χ4v) is 4.28. The summed E-state index contributed by atoms with van der Waals surface area (Å²) in [4.78, 5) is 23.9. The zero-order chi connectivity index (χ0) is 24.4. The SMILES string of the molecule is CNC[C@@H](O)COc1ccc(Cl)c(-c2nc(-c3c(C)noc3C)c(C)c(N3CCCC3=O)n2)c1. The Morgan fingerprint density at radius 1 is 1.29 bits per heavy atom. The molecular weight excluding hydrogens is 458 g/mol. The van der Waals surface area contributed by atoms with E-state index in [4.69, 9.17) is 30.8 Å². The maximum atomic E-state index is 12.6. The van der Waals surface area contributed by atoms with Crippen LogP contribution in [0.15, 0.2) is 22.7 Å². The predicted octanol–water partition coefficient (Wildman–Crippen LogP) is 3.46. The summed E-state index contributed by atoms with van der Waals surface area (Å²) in [6.45, 7) is 6.71. The molecule has 0 aliphatic carbocycles. The number of anilines is 1. The van der Waals surface area contributed by atoms with Crippen molar-refractivity contribution >= 4 is 23.3 Å². The number of nitrogens with one attached hydrogen (secondary N) is 1. The molecule has 3 aromatic rings. The van der Waals surface area contributed by atoms with Gasteiger partial charge in [0.25, 0.3) is 0 Å². The Labute approximate surface area is 203 Å². The predicted molar refractivity (Wildman–Crippen MR) is 129 cm³/mol.